The molecule has 1 saturated carbocycles. The lowest BCUT2D eigenvalue weighted by Crippen LogP contribution is -2.43. The van der Waals surface area contributed by atoms with Crippen LogP contribution in [0, 0.1) is 10.8 Å². The summed E-state index contributed by atoms with van der Waals surface area (Å²) in [5.74, 6) is 0. The SMILES string of the molecule is CCC(CC)(CO)CNCC1(C)CCC1. The first-order chi connectivity index (χ1) is 7.10. The van der Waals surface area contributed by atoms with Gasteiger partial charge in [0, 0.05) is 25.1 Å². The van der Waals surface area contributed by atoms with Gasteiger partial charge in [-0.2, -0.15) is 0 Å². The first kappa shape index (κ1) is 13.0. The van der Waals surface area contributed by atoms with E-state index in [-0.39, 0.29) is 5.41 Å². The van der Waals surface area contributed by atoms with Crippen molar-refractivity contribution in [2.45, 2.75) is 52.9 Å². The second-order valence-corrected chi connectivity index (χ2v) is 5.63. The van der Waals surface area contributed by atoms with Gasteiger partial charge < -0.3 is 10.4 Å². The molecular formula is C13H27NO. The Morgan fingerprint density at radius 3 is 2.20 bits per heavy atom. The molecule has 0 aromatic carbocycles. The van der Waals surface area contributed by atoms with E-state index in [4.69, 9.17) is 0 Å². The number of nitrogens with one attached hydrogen (secondary N) is 1. The summed E-state index contributed by atoms with van der Waals surface area (Å²) in [4.78, 5) is 0. The fourth-order valence-corrected chi connectivity index (χ4v) is 2.37. The highest BCUT2D eigenvalue weighted by Crippen LogP contribution is 2.39. The zero-order valence-corrected chi connectivity index (χ0v) is 10.6. The average molecular weight is 213 g/mol. The van der Waals surface area contributed by atoms with Crippen molar-refractivity contribution in [3.63, 3.8) is 0 Å². The number of aliphatic hydroxyl groups is 1. The maximum Gasteiger partial charge on any atom is 0.0499 e. The van der Waals surface area contributed by atoms with E-state index in [1.165, 1.54) is 19.3 Å². The Balaban J connectivity index is 2.27. The van der Waals surface area contributed by atoms with Crippen LogP contribution in [0.2, 0.25) is 0 Å². The minimum atomic E-state index is 0.111. The van der Waals surface area contributed by atoms with Crippen LogP contribution >= 0.6 is 0 Å². The molecule has 0 aliphatic heterocycles. The standard InChI is InChI=1S/C13H27NO/c1-4-13(5-2,11-15)10-14-9-12(3)7-6-8-12/h14-15H,4-11H2,1-3H3. The molecule has 2 nitrogen and oxygen atoms in total. The number of hydrogen-bond donors (Lipinski definition) is 2. The van der Waals surface area contributed by atoms with Crippen molar-refractivity contribution < 1.29 is 5.11 Å². The summed E-state index contributed by atoms with van der Waals surface area (Å²) < 4.78 is 0. The summed E-state index contributed by atoms with van der Waals surface area (Å²) in [7, 11) is 0. The first-order valence-electron chi connectivity index (χ1n) is 6.41. The summed E-state index contributed by atoms with van der Waals surface area (Å²) >= 11 is 0. The zero-order chi connectivity index (χ0) is 11.4. The van der Waals surface area contributed by atoms with E-state index in [1.807, 2.05) is 0 Å². The molecule has 90 valence electrons. The lowest BCUT2D eigenvalue weighted by atomic mass is 9.70. The van der Waals surface area contributed by atoms with Crippen molar-refractivity contribution in [3.8, 4) is 0 Å². The Kier molecular flexibility index (Phi) is 4.60. The highest BCUT2D eigenvalue weighted by atomic mass is 16.3. The monoisotopic (exact) mass is 213 g/mol. The van der Waals surface area contributed by atoms with Crippen LogP contribution in [0.1, 0.15) is 52.9 Å². The van der Waals surface area contributed by atoms with E-state index in [2.05, 4.69) is 26.1 Å². The van der Waals surface area contributed by atoms with Gasteiger partial charge in [-0.1, -0.05) is 27.2 Å². The lowest BCUT2D eigenvalue weighted by Gasteiger charge is -2.40. The van der Waals surface area contributed by atoms with Crippen LogP contribution in [0.25, 0.3) is 0 Å². The van der Waals surface area contributed by atoms with Crippen molar-refractivity contribution in [1.82, 2.24) is 5.32 Å². The van der Waals surface area contributed by atoms with Gasteiger partial charge in [0.25, 0.3) is 0 Å². The fourth-order valence-electron chi connectivity index (χ4n) is 2.37. The third-order valence-corrected chi connectivity index (χ3v) is 4.45. The molecule has 0 radical (unpaired) electrons. The third-order valence-electron chi connectivity index (χ3n) is 4.45. The largest absolute Gasteiger partial charge is 0.396 e. The van der Waals surface area contributed by atoms with Crippen LogP contribution in [0.15, 0.2) is 0 Å². The zero-order valence-electron chi connectivity index (χ0n) is 10.6. The average Bonchev–Trinajstić information content (AvgIpc) is 2.23. The molecule has 0 amide bonds. The van der Waals surface area contributed by atoms with Gasteiger partial charge in [-0.3, -0.25) is 0 Å². The summed E-state index contributed by atoms with van der Waals surface area (Å²) in [6.45, 7) is 9.10. The second kappa shape index (κ2) is 5.31. The molecule has 0 aromatic rings. The maximum absolute atomic E-state index is 9.44. The van der Waals surface area contributed by atoms with Crippen LogP contribution in [-0.2, 0) is 0 Å². The maximum atomic E-state index is 9.44. The summed E-state index contributed by atoms with van der Waals surface area (Å²) in [5.41, 5.74) is 0.656. The molecule has 15 heavy (non-hydrogen) atoms. The predicted molar refractivity (Wildman–Crippen MR) is 64.9 cm³/mol. The number of rotatable bonds is 7. The summed E-state index contributed by atoms with van der Waals surface area (Å²) in [6.07, 6.45) is 6.24. The van der Waals surface area contributed by atoms with E-state index in [0.29, 0.717) is 12.0 Å². The van der Waals surface area contributed by atoms with Crippen molar-refractivity contribution in [1.29, 1.82) is 0 Å². The van der Waals surface area contributed by atoms with Gasteiger partial charge >= 0.3 is 0 Å². The second-order valence-electron chi connectivity index (χ2n) is 5.63. The minimum Gasteiger partial charge on any atom is -0.396 e. The van der Waals surface area contributed by atoms with Crippen molar-refractivity contribution in [2.24, 2.45) is 10.8 Å². The summed E-state index contributed by atoms with van der Waals surface area (Å²) in [6, 6.07) is 0. The number of aliphatic hydroxyl groups excluding tert-OH is 1. The Labute approximate surface area is 94.5 Å². The Bertz CT molecular complexity index is 175. The Morgan fingerprint density at radius 1 is 1.27 bits per heavy atom. The highest BCUT2D eigenvalue weighted by Gasteiger charge is 2.32. The minimum absolute atomic E-state index is 0.111. The third kappa shape index (κ3) is 3.18. The van der Waals surface area contributed by atoms with Crippen LogP contribution in [-0.4, -0.2) is 24.8 Å². The molecule has 1 aliphatic rings. The highest BCUT2D eigenvalue weighted by molar-refractivity contribution is 4.87. The lowest BCUT2D eigenvalue weighted by molar-refractivity contribution is 0.0975. The molecule has 0 atom stereocenters. The van der Waals surface area contributed by atoms with Gasteiger partial charge in [0.15, 0.2) is 0 Å². The molecule has 0 heterocycles. The predicted octanol–water partition coefficient (Wildman–Crippen LogP) is 2.56. The van der Waals surface area contributed by atoms with Crippen LogP contribution < -0.4 is 5.32 Å². The van der Waals surface area contributed by atoms with E-state index < -0.39 is 0 Å². The topological polar surface area (TPSA) is 32.3 Å². The molecule has 1 fully saturated rings. The van der Waals surface area contributed by atoms with Crippen molar-refractivity contribution in [2.75, 3.05) is 19.7 Å². The van der Waals surface area contributed by atoms with E-state index in [0.717, 1.165) is 25.9 Å². The van der Waals surface area contributed by atoms with Crippen molar-refractivity contribution in [3.05, 3.63) is 0 Å². The smallest absolute Gasteiger partial charge is 0.0499 e. The first-order valence-corrected chi connectivity index (χ1v) is 6.41. The van der Waals surface area contributed by atoms with E-state index in [9.17, 15) is 5.11 Å². The van der Waals surface area contributed by atoms with Crippen molar-refractivity contribution >= 4 is 0 Å². The fraction of sp³-hybridized carbons (Fsp3) is 1.00. The van der Waals surface area contributed by atoms with E-state index >= 15 is 0 Å². The Hall–Kier alpha value is -0.0800. The summed E-state index contributed by atoms with van der Waals surface area (Å²) in [5, 5.41) is 13.0. The Morgan fingerprint density at radius 2 is 1.87 bits per heavy atom. The van der Waals surface area contributed by atoms with Gasteiger partial charge in [-0.25, -0.2) is 0 Å². The molecule has 0 spiro atoms. The normalized spacial score (nSPS) is 20.0. The van der Waals surface area contributed by atoms with Gasteiger partial charge in [0.2, 0.25) is 0 Å². The molecule has 2 heteroatoms. The molecule has 1 rings (SSSR count). The molecular weight excluding hydrogens is 186 g/mol. The van der Waals surface area contributed by atoms with Gasteiger partial charge in [-0.05, 0) is 31.1 Å². The van der Waals surface area contributed by atoms with Gasteiger partial charge in [0.05, 0.1) is 0 Å². The van der Waals surface area contributed by atoms with Crippen LogP contribution in [0.4, 0.5) is 0 Å². The van der Waals surface area contributed by atoms with E-state index in [1.54, 1.807) is 0 Å². The van der Waals surface area contributed by atoms with Gasteiger partial charge in [0.1, 0.15) is 0 Å². The molecule has 2 N–H and O–H groups in total. The number of hydrogen-bond acceptors (Lipinski definition) is 2. The molecule has 0 bridgehead atoms. The van der Waals surface area contributed by atoms with Crippen LogP contribution in [0.3, 0.4) is 0 Å². The van der Waals surface area contributed by atoms with Crippen LogP contribution in [0.5, 0.6) is 0 Å². The molecule has 0 aromatic heterocycles. The van der Waals surface area contributed by atoms with Gasteiger partial charge in [-0.15, -0.1) is 0 Å². The molecule has 0 saturated heterocycles. The molecule has 1 aliphatic carbocycles. The quantitative estimate of drug-likeness (QED) is 0.681. The molecule has 0 unspecified atom stereocenters.